The van der Waals surface area contributed by atoms with Crippen molar-refractivity contribution in [1.29, 1.82) is 0 Å². The van der Waals surface area contributed by atoms with E-state index in [1.807, 2.05) is 17.5 Å². The first kappa shape index (κ1) is 11.6. The van der Waals surface area contributed by atoms with Crippen molar-refractivity contribution < 1.29 is 9.53 Å². The summed E-state index contributed by atoms with van der Waals surface area (Å²) in [6.45, 7) is 0.998. The van der Waals surface area contributed by atoms with E-state index in [4.69, 9.17) is 10.5 Å². The molecule has 3 nitrogen and oxygen atoms in total. The zero-order valence-electron chi connectivity index (χ0n) is 9.28. The van der Waals surface area contributed by atoms with Gasteiger partial charge >= 0.3 is 5.97 Å². The second kappa shape index (κ2) is 4.97. The molecule has 0 aromatic carbocycles. The molecule has 16 heavy (non-hydrogen) atoms. The molecule has 1 saturated carbocycles. The predicted molar refractivity (Wildman–Crippen MR) is 64.1 cm³/mol. The smallest absolute Gasteiger partial charge is 0.306 e. The maximum Gasteiger partial charge on any atom is 0.306 e. The van der Waals surface area contributed by atoms with E-state index in [-0.39, 0.29) is 11.4 Å². The van der Waals surface area contributed by atoms with Gasteiger partial charge in [0, 0.05) is 4.88 Å². The number of hydrogen-bond donors (Lipinski definition) is 1. The third-order valence-corrected chi connectivity index (χ3v) is 4.17. The predicted octanol–water partition coefficient (Wildman–Crippen LogP) is 2.31. The van der Waals surface area contributed by atoms with E-state index in [2.05, 4.69) is 0 Å². The van der Waals surface area contributed by atoms with Gasteiger partial charge in [-0.05, 0) is 36.2 Å². The normalized spacial score (nSPS) is 17.8. The highest BCUT2D eigenvalue weighted by Gasteiger charge is 2.38. The molecule has 0 aliphatic heterocycles. The zero-order chi connectivity index (χ0) is 11.4. The summed E-state index contributed by atoms with van der Waals surface area (Å²) in [6.07, 6.45) is 3.81. The van der Waals surface area contributed by atoms with E-state index in [1.54, 1.807) is 11.3 Å². The highest BCUT2D eigenvalue weighted by molar-refractivity contribution is 7.09. The van der Waals surface area contributed by atoms with Crippen LogP contribution < -0.4 is 5.73 Å². The van der Waals surface area contributed by atoms with Gasteiger partial charge in [0.2, 0.25) is 0 Å². The molecule has 2 N–H and O–H groups in total. The number of esters is 1. The van der Waals surface area contributed by atoms with Crippen LogP contribution in [0.15, 0.2) is 17.5 Å². The monoisotopic (exact) mass is 239 g/mol. The minimum atomic E-state index is -0.112. The van der Waals surface area contributed by atoms with Crippen LogP contribution in [-0.2, 0) is 16.1 Å². The fraction of sp³-hybridized carbons (Fsp3) is 0.583. The summed E-state index contributed by atoms with van der Waals surface area (Å²) >= 11 is 1.61. The molecule has 0 unspecified atom stereocenters. The quantitative estimate of drug-likeness (QED) is 0.802. The van der Waals surface area contributed by atoms with Crippen LogP contribution in [0.2, 0.25) is 0 Å². The van der Waals surface area contributed by atoms with Crippen LogP contribution >= 0.6 is 11.3 Å². The van der Waals surface area contributed by atoms with E-state index < -0.39 is 0 Å². The average Bonchev–Trinajstić information content (AvgIpc) is 2.73. The lowest BCUT2D eigenvalue weighted by atomic mass is 9.67. The van der Waals surface area contributed by atoms with Crippen molar-refractivity contribution >= 4 is 17.3 Å². The molecule has 1 heterocycles. The van der Waals surface area contributed by atoms with Gasteiger partial charge in [0.25, 0.3) is 0 Å². The first-order valence-corrected chi connectivity index (χ1v) is 6.50. The number of ether oxygens (including phenoxy) is 1. The number of rotatable bonds is 5. The van der Waals surface area contributed by atoms with Crippen molar-refractivity contribution in [3.63, 3.8) is 0 Å². The summed E-state index contributed by atoms with van der Waals surface area (Å²) in [5.74, 6) is -0.112. The van der Waals surface area contributed by atoms with E-state index in [9.17, 15) is 4.79 Å². The number of thiophene rings is 1. The zero-order valence-corrected chi connectivity index (χ0v) is 10.1. The van der Waals surface area contributed by atoms with Crippen LogP contribution in [0.1, 0.15) is 30.6 Å². The Morgan fingerprint density at radius 3 is 2.88 bits per heavy atom. The standard InChI is InChI=1S/C12H17NO2S/c13-9-12(4-2-5-12)7-11(14)15-8-10-3-1-6-16-10/h1,3,6H,2,4-5,7-9,13H2. The van der Waals surface area contributed by atoms with Crippen molar-refractivity contribution in [3.05, 3.63) is 22.4 Å². The largest absolute Gasteiger partial charge is 0.460 e. The molecule has 0 saturated heterocycles. The summed E-state index contributed by atoms with van der Waals surface area (Å²) in [7, 11) is 0. The average molecular weight is 239 g/mol. The van der Waals surface area contributed by atoms with Gasteiger partial charge in [-0.1, -0.05) is 12.5 Å². The Bertz CT molecular complexity index is 338. The lowest BCUT2D eigenvalue weighted by molar-refractivity contribution is -0.149. The number of carbonyl (C=O) groups excluding carboxylic acids is 1. The minimum absolute atomic E-state index is 0.0481. The Labute approximate surface area is 99.6 Å². The fourth-order valence-corrected chi connectivity index (χ4v) is 2.65. The Hall–Kier alpha value is -0.870. The topological polar surface area (TPSA) is 52.3 Å². The SMILES string of the molecule is NCC1(CC(=O)OCc2cccs2)CCC1. The summed E-state index contributed by atoms with van der Waals surface area (Å²) in [6, 6.07) is 3.93. The minimum Gasteiger partial charge on any atom is -0.460 e. The van der Waals surface area contributed by atoms with Crippen LogP contribution in [0.5, 0.6) is 0 Å². The van der Waals surface area contributed by atoms with Crippen LogP contribution in [0.25, 0.3) is 0 Å². The molecular formula is C12H17NO2S. The molecular weight excluding hydrogens is 222 g/mol. The summed E-state index contributed by atoms with van der Waals surface area (Å²) in [4.78, 5) is 12.7. The number of hydrogen-bond acceptors (Lipinski definition) is 4. The van der Waals surface area contributed by atoms with E-state index in [0.717, 1.165) is 17.7 Å². The maximum absolute atomic E-state index is 11.6. The van der Waals surface area contributed by atoms with Crippen molar-refractivity contribution in [2.24, 2.45) is 11.1 Å². The number of carbonyl (C=O) groups is 1. The Balaban J connectivity index is 1.76. The molecule has 0 bridgehead atoms. The summed E-state index contributed by atoms with van der Waals surface area (Å²) < 4.78 is 5.24. The summed E-state index contributed by atoms with van der Waals surface area (Å²) in [5.41, 5.74) is 5.75. The van der Waals surface area contributed by atoms with Gasteiger partial charge in [0.15, 0.2) is 0 Å². The molecule has 0 spiro atoms. The van der Waals surface area contributed by atoms with E-state index in [0.29, 0.717) is 19.6 Å². The maximum atomic E-state index is 11.6. The van der Waals surface area contributed by atoms with Gasteiger partial charge in [-0.15, -0.1) is 11.3 Å². The molecule has 0 amide bonds. The molecule has 1 aliphatic carbocycles. The third kappa shape index (κ3) is 2.62. The molecule has 1 aliphatic rings. The Morgan fingerprint density at radius 2 is 2.38 bits per heavy atom. The van der Waals surface area contributed by atoms with Crippen LogP contribution in [-0.4, -0.2) is 12.5 Å². The van der Waals surface area contributed by atoms with Gasteiger partial charge < -0.3 is 10.5 Å². The van der Waals surface area contributed by atoms with Crippen molar-refractivity contribution in [2.45, 2.75) is 32.3 Å². The highest BCUT2D eigenvalue weighted by Crippen LogP contribution is 2.43. The van der Waals surface area contributed by atoms with Crippen LogP contribution in [0.3, 0.4) is 0 Å². The fourth-order valence-electron chi connectivity index (χ4n) is 2.03. The van der Waals surface area contributed by atoms with E-state index in [1.165, 1.54) is 6.42 Å². The first-order chi connectivity index (χ1) is 7.74. The lowest BCUT2D eigenvalue weighted by Gasteiger charge is -2.40. The molecule has 1 aromatic rings. The van der Waals surface area contributed by atoms with Crippen LogP contribution in [0.4, 0.5) is 0 Å². The Morgan fingerprint density at radius 1 is 1.56 bits per heavy atom. The van der Waals surface area contributed by atoms with Gasteiger partial charge in [-0.2, -0.15) is 0 Å². The molecule has 1 aromatic heterocycles. The molecule has 1 fully saturated rings. The molecule has 2 rings (SSSR count). The molecule has 4 heteroatoms. The third-order valence-electron chi connectivity index (χ3n) is 3.32. The van der Waals surface area contributed by atoms with Crippen molar-refractivity contribution in [1.82, 2.24) is 0 Å². The van der Waals surface area contributed by atoms with E-state index >= 15 is 0 Å². The van der Waals surface area contributed by atoms with Gasteiger partial charge in [-0.25, -0.2) is 0 Å². The lowest BCUT2D eigenvalue weighted by Crippen LogP contribution is -2.39. The van der Waals surface area contributed by atoms with Gasteiger partial charge in [-0.3, -0.25) is 4.79 Å². The first-order valence-electron chi connectivity index (χ1n) is 5.62. The van der Waals surface area contributed by atoms with Crippen molar-refractivity contribution in [3.8, 4) is 0 Å². The molecule has 88 valence electrons. The van der Waals surface area contributed by atoms with Gasteiger partial charge in [0.1, 0.15) is 6.61 Å². The highest BCUT2D eigenvalue weighted by atomic mass is 32.1. The second-order valence-corrected chi connectivity index (χ2v) is 5.51. The number of nitrogens with two attached hydrogens (primary N) is 1. The van der Waals surface area contributed by atoms with Crippen molar-refractivity contribution in [2.75, 3.05) is 6.54 Å². The van der Waals surface area contributed by atoms with Crippen LogP contribution in [0, 0.1) is 5.41 Å². The van der Waals surface area contributed by atoms with Gasteiger partial charge in [0.05, 0.1) is 6.42 Å². The summed E-state index contributed by atoms with van der Waals surface area (Å²) in [5, 5.41) is 1.98. The molecule has 0 radical (unpaired) electrons. The molecule has 0 atom stereocenters. The second-order valence-electron chi connectivity index (χ2n) is 4.47. The Kier molecular flexibility index (Phi) is 3.61.